The van der Waals surface area contributed by atoms with Crippen LogP contribution in [-0.2, 0) is 14.9 Å². The summed E-state index contributed by atoms with van der Waals surface area (Å²) in [4.78, 5) is 0. The molecule has 2 fully saturated rings. The first-order valence-electron chi connectivity index (χ1n) is 6.84. The first-order valence-corrected chi connectivity index (χ1v) is 8.23. The molecule has 0 spiro atoms. The summed E-state index contributed by atoms with van der Waals surface area (Å²) in [6, 6.07) is 0. The molecule has 7 heteroatoms. The number of morpholine rings is 1. The van der Waals surface area contributed by atoms with E-state index in [1.165, 1.54) is 8.61 Å². The van der Waals surface area contributed by atoms with Crippen LogP contribution in [0, 0.1) is 0 Å². The highest BCUT2D eigenvalue weighted by molar-refractivity contribution is 7.86. The van der Waals surface area contributed by atoms with Crippen LogP contribution in [-0.4, -0.2) is 66.1 Å². The maximum absolute atomic E-state index is 12.6. The van der Waals surface area contributed by atoms with Crippen LogP contribution < -0.4 is 0 Å². The fourth-order valence-corrected chi connectivity index (χ4v) is 4.45. The second-order valence-corrected chi connectivity index (χ2v) is 7.91. The standard InChI is InChI=1S/C12H24N2O4S/c1-10-8-14(9-11(2)18-10)19(16,17)13-6-4-12(3,15)5-7-13/h10-11,15H,4-9H2,1-3H3. The molecule has 112 valence electrons. The van der Waals surface area contributed by atoms with Crippen LogP contribution in [0.3, 0.4) is 0 Å². The summed E-state index contributed by atoms with van der Waals surface area (Å²) in [6.07, 6.45) is 0.821. The van der Waals surface area contributed by atoms with Crippen LogP contribution >= 0.6 is 0 Å². The van der Waals surface area contributed by atoms with E-state index in [1.807, 2.05) is 13.8 Å². The van der Waals surface area contributed by atoms with E-state index in [9.17, 15) is 13.5 Å². The summed E-state index contributed by atoms with van der Waals surface area (Å²) in [7, 11) is -3.43. The minimum atomic E-state index is -3.43. The van der Waals surface area contributed by atoms with Crippen molar-refractivity contribution in [3.05, 3.63) is 0 Å². The van der Waals surface area contributed by atoms with Gasteiger partial charge in [-0.2, -0.15) is 17.0 Å². The molecule has 6 nitrogen and oxygen atoms in total. The first-order chi connectivity index (χ1) is 8.71. The molecule has 0 saturated carbocycles. The third kappa shape index (κ3) is 3.46. The molecule has 0 amide bonds. The maximum atomic E-state index is 12.6. The lowest BCUT2D eigenvalue weighted by atomic mass is 9.95. The Labute approximate surface area is 115 Å². The molecule has 2 aliphatic heterocycles. The molecular formula is C12H24N2O4S. The van der Waals surface area contributed by atoms with Gasteiger partial charge in [0.1, 0.15) is 0 Å². The fourth-order valence-electron chi connectivity index (χ4n) is 2.68. The van der Waals surface area contributed by atoms with Crippen molar-refractivity contribution in [2.24, 2.45) is 0 Å². The summed E-state index contributed by atoms with van der Waals surface area (Å²) in [6.45, 7) is 7.11. The zero-order valence-electron chi connectivity index (χ0n) is 11.9. The fraction of sp³-hybridized carbons (Fsp3) is 1.00. The third-order valence-electron chi connectivity index (χ3n) is 3.84. The van der Waals surface area contributed by atoms with Crippen molar-refractivity contribution in [2.45, 2.75) is 51.4 Å². The lowest BCUT2D eigenvalue weighted by Gasteiger charge is -2.40. The molecule has 0 aliphatic carbocycles. The van der Waals surface area contributed by atoms with Crippen molar-refractivity contribution in [2.75, 3.05) is 26.2 Å². The Morgan fingerprint density at radius 3 is 2.05 bits per heavy atom. The van der Waals surface area contributed by atoms with Crippen molar-refractivity contribution >= 4 is 10.2 Å². The Kier molecular flexibility index (Phi) is 4.23. The van der Waals surface area contributed by atoms with Gasteiger partial charge in [0.15, 0.2) is 0 Å². The molecule has 0 radical (unpaired) electrons. The van der Waals surface area contributed by atoms with Crippen LogP contribution in [0.5, 0.6) is 0 Å². The van der Waals surface area contributed by atoms with Gasteiger partial charge in [-0.05, 0) is 33.6 Å². The number of hydrogen-bond donors (Lipinski definition) is 1. The number of hydrogen-bond acceptors (Lipinski definition) is 4. The number of rotatable bonds is 2. The molecule has 1 N–H and O–H groups in total. The van der Waals surface area contributed by atoms with E-state index in [0.717, 1.165) is 0 Å². The van der Waals surface area contributed by atoms with Crippen LogP contribution in [0.4, 0.5) is 0 Å². The Bertz CT molecular complexity index is 403. The molecule has 2 saturated heterocycles. The summed E-state index contributed by atoms with van der Waals surface area (Å²) in [5.41, 5.74) is -0.738. The lowest BCUT2D eigenvalue weighted by molar-refractivity contribution is -0.0467. The van der Waals surface area contributed by atoms with Gasteiger partial charge in [-0.25, -0.2) is 0 Å². The molecule has 2 unspecified atom stereocenters. The quantitative estimate of drug-likeness (QED) is 0.788. The molecule has 2 atom stereocenters. The van der Waals surface area contributed by atoms with Crippen LogP contribution in [0.2, 0.25) is 0 Å². The SMILES string of the molecule is CC1CN(S(=O)(=O)N2CCC(C)(O)CC2)CC(C)O1. The molecule has 0 aromatic carbocycles. The van der Waals surface area contributed by atoms with Gasteiger partial charge in [-0.1, -0.05) is 0 Å². The predicted molar refractivity (Wildman–Crippen MR) is 71.9 cm³/mol. The van der Waals surface area contributed by atoms with Crippen molar-refractivity contribution in [1.29, 1.82) is 0 Å². The van der Waals surface area contributed by atoms with E-state index in [-0.39, 0.29) is 12.2 Å². The Hall–Kier alpha value is -0.210. The van der Waals surface area contributed by atoms with E-state index in [0.29, 0.717) is 39.0 Å². The van der Waals surface area contributed by atoms with E-state index < -0.39 is 15.8 Å². The first kappa shape index (κ1) is 15.2. The van der Waals surface area contributed by atoms with Crippen molar-refractivity contribution < 1.29 is 18.3 Å². The number of nitrogens with zero attached hydrogens (tertiary/aromatic N) is 2. The molecule has 0 aromatic heterocycles. The second kappa shape index (κ2) is 5.29. The average Bonchev–Trinajstić information content (AvgIpc) is 2.27. The maximum Gasteiger partial charge on any atom is 0.282 e. The van der Waals surface area contributed by atoms with Gasteiger partial charge in [0, 0.05) is 26.2 Å². The Balaban J connectivity index is 2.06. The van der Waals surface area contributed by atoms with Crippen molar-refractivity contribution in [1.82, 2.24) is 8.61 Å². The second-order valence-electron chi connectivity index (χ2n) is 5.98. The van der Waals surface area contributed by atoms with Gasteiger partial charge >= 0.3 is 0 Å². The molecule has 2 aliphatic rings. The number of ether oxygens (including phenoxy) is 1. The highest BCUT2D eigenvalue weighted by Crippen LogP contribution is 2.25. The molecule has 19 heavy (non-hydrogen) atoms. The number of aliphatic hydroxyl groups is 1. The largest absolute Gasteiger partial charge is 0.390 e. The summed E-state index contributed by atoms with van der Waals surface area (Å²) in [5.74, 6) is 0. The Morgan fingerprint density at radius 2 is 1.58 bits per heavy atom. The van der Waals surface area contributed by atoms with E-state index in [2.05, 4.69) is 0 Å². The van der Waals surface area contributed by atoms with Gasteiger partial charge < -0.3 is 9.84 Å². The van der Waals surface area contributed by atoms with Crippen molar-refractivity contribution in [3.63, 3.8) is 0 Å². The minimum absolute atomic E-state index is 0.0774. The van der Waals surface area contributed by atoms with Crippen LogP contribution in [0.1, 0.15) is 33.6 Å². The topological polar surface area (TPSA) is 70.1 Å². The lowest BCUT2D eigenvalue weighted by Crippen LogP contribution is -2.55. The molecule has 2 heterocycles. The normalized spacial score (nSPS) is 34.3. The average molecular weight is 292 g/mol. The third-order valence-corrected chi connectivity index (χ3v) is 5.81. The summed E-state index contributed by atoms with van der Waals surface area (Å²) >= 11 is 0. The predicted octanol–water partition coefficient (Wildman–Crippen LogP) is 0.187. The molecular weight excluding hydrogens is 268 g/mol. The highest BCUT2D eigenvalue weighted by atomic mass is 32.2. The van der Waals surface area contributed by atoms with Gasteiger partial charge in [0.05, 0.1) is 17.8 Å². The highest BCUT2D eigenvalue weighted by Gasteiger charge is 2.38. The van der Waals surface area contributed by atoms with Gasteiger partial charge in [-0.3, -0.25) is 0 Å². The van der Waals surface area contributed by atoms with Crippen LogP contribution in [0.25, 0.3) is 0 Å². The number of piperidine rings is 1. The van der Waals surface area contributed by atoms with Gasteiger partial charge in [0.2, 0.25) is 0 Å². The van der Waals surface area contributed by atoms with Crippen molar-refractivity contribution in [3.8, 4) is 0 Å². The minimum Gasteiger partial charge on any atom is -0.390 e. The van der Waals surface area contributed by atoms with E-state index in [1.54, 1.807) is 6.92 Å². The molecule has 0 bridgehead atoms. The molecule has 2 rings (SSSR count). The van der Waals surface area contributed by atoms with Crippen LogP contribution in [0.15, 0.2) is 0 Å². The summed E-state index contributed by atoms with van der Waals surface area (Å²) < 4.78 is 33.7. The van der Waals surface area contributed by atoms with E-state index >= 15 is 0 Å². The Morgan fingerprint density at radius 1 is 1.11 bits per heavy atom. The zero-order valence-corrected chi connectivity index (χ0v) is 12.7. The van der Waals surface area contributed by atoms with Gasteiger partial charge in [-0.15, -0.1) is 0 Å². The monoisotopic (exact) mass is 292 g/mol. The zero-order chi connectivity index (χ0) is 14.3. The van der Waals surface area contributed by atoms with E-state index in [4.69, 9.17) is 4.74 Å². The smallest absolute Gasteiger partial charge is 0.282 e. The summed E-state index contributed by atoms with van der Waals surface area (Å²) in [5, 5.41) is 9.90. The van der Waals surface area contributed by atoms with Gasteiger partial charge in [0.25, 0.3) is 10.2 Å². The molecule has 0 aromatic rings.